The Hall–Kier alpha value is -1.10. The highest BCUT2D eigenvalue weighted by atomic mass is 16.2. The molecule has 0 saturated carbocycles. The van der Waals surface area contributed by atoms with Crippen LogP contribution in [0.15, 0.2) is 0 Å². The Kier molecular flexibility index (Phi) is 4.73. The van der Waals surface area contributed by atoms with Crippen LogP contribution >= 0.6 is 0 Å². The van der Waals surface area contributed by atoms with E-state index in [0.717, 1.165) is 12.8 Å². The van der Waals surface area contributed by atoms with E-state index in [4.69, 9.17) is 5.73 Å². The summed E-state index contributed by atoms with van der Waals surface area (Å²) in [6, 6.07) is -0.513. The van der Waals surface area contributed by atoms with Crippen molar-refractivity contribution in [3.63, 3.8) is 0 Å². The van der Waals surface area contributed by atoms with Crippen molar-refractivity contribution in [2.75, 3.05) is 20.1 Å². The molecule has 3 N–H and O–H groups in total. The average Bonchev–Trinajstić information content (AvgIpc) is 2.35. The first-order valence-electron chi connectivity index (χ1n) is 6.53. The van der Waals surface area contributed by atoms with E-state index >= 15 is 0 Å². The highest BCUT2D eigenvalue weighted by Gasteiger charge is 2.34. The van der Waals surface area contributed by atoms with Crippen molar-refractivity contribution in [2.45, 2.75) is 39.7 Å². The molecule has 1 aliphatic heterocycles. The third kappa shape index (κ3) is 3.45. The van der Waals surface area contributed by atoms with Gasteiger partial charge in [-0.15, -0.1) is 0 Å². The van der Waals surface area contributed by atoms with Crippen LogP contribution in [0, 0.1) is 11.3 Å². The maximum atomic E-state index is 12.3. The first-order chi connectivity index (χ1) is 8.27. The number of amides is 2. The van der Waals surface area contributed by atoms with E-state index in [1.807, 2.05) is 20.8 Å². The standard InChI is InChI=1S/C13H25N3O2/c1-13(2,3)10(14)12(18)16-7-5-6-9(8-16)11(17)15-4/h9-10H,5-8,14H2,1-4H3,(H,15,17)/t9-,10-/m1/s1. The monoisotopic (exact) mass is 255 g/mol. The number of carbonyl (C=O) groups is 2. The quantitative estimate of drug-likeness (QED) is 0.747. The summed E-state index contributed by atoms with van der Waals surface area (Å²) in [5.41, 5.74) is 5.73. The topological polar surface area (TPSA) is 75.4 Å². The lowest BCUT2D eigenvalue weighted by molar-refractivity contribution is -0.138. The molecular weight excluding hydrogens is 230 g/mol. The van der Waals surface area contributed by atoms with Crippen LogP contribution in [0.1, 0.15) is 33.6 Å². The van der Waals surface area contributed by atoms with Crippen molar-refractivity contribution in [1.82, 2.24) is 10.2 Å². The number of piperidine rings is 1. The Balaban J connectivity index is 2.67. The zero-order valence-corrected chi connectivity index (χ0v) is 11.8. The molecule has 0 radical (unpaired) electrons. The van der Waals surface area contributed by atoms with Crippen molar-refractivity contribution in [1.29, 1.82) is 0 Å². The number of carbonyl (C=O) groups excluding carboxylic acids is 2. The fourth-order valence-electron chi connectivity index (χ4n) is 2.16. The van der Waals surface area contributed by atoms with Crippen LogP contribution in [0.3, 0.4) is 0 Å². The van der Waals surface area contributed by atoms with Gasteiger partial charge in [0.05, 0.1) is 12.0 Å². The van der Waals surface area contributed by atoms with Gasteiger partial charge in [-0.2, -0.15) is 0 Å². The molecule has 18 heavy (non-hydrogen) atoms. The van der Waals surface area contributed by atoms with E-state index in [-0.39, 0.29) is 23.1 Å². The summed E-state index contributed by atoms with van der Waals surface area (Å²) in [5.74, 6) is -0.132. The molecule has 1 rings (SSSR count). The SMILES string of the molecule is CNC(=O)[C@@H]1CCCN(C(=O)[C@@H](N)C(C)(C)C)C1. The molecule has 0 aliphatic carbocycles. The maximum absolute atomic E-state index is 12.3. The minimum atomic E-state index is -0.513. The van der Waals surface area contributed by atoms with Gasteiger partial charge < -0.3 is 16.0 Å². The lowest BCUT2D eigenvalue weighted by atomic mass is 9.85. The van der Waals surface area contributed by atoms with Gasteiger partial charge in [-0.1, -0.05) is 20.8 Å². The van der Waals surface area contributed by atoms with Gasteiger partial charge in [0.2, 0.25) is 11.8 Å². The smallest absolute Gasteiger partial charge is 0.240 e. The average molecular weight is 255 g/mol. The highest BCUT2D eigenvalue weighted by molar-refractivity contribution is 5.84. The van der Waals surface area contributed by atoms with E-state index in [0.29, 0.717) is 13.1 Å². The molecule has 0 spiro atoms. The molecule has 0 bridgehead atoms. The van der Waals surface area contributed by atoms with Gasteiger partial charge in [-0.3, -0.25) is 9.59 Å². The predicted octanol–water partition coefficient (Wildman–Crippen LogP) is 0.344. The Labute approximate surface area is 109 Å². The van der Waals surface area contributed by atoms with E-state index in [1.54, 1.807) is 11.9 Å². The summed E-state index contributed by atoms with van der Waals surface area (Å²) in [4.78, 5) is 25.6. The van der Waals surface area contributed by atoms with Gasteiger partial charge in [0.1, 0.15) is 0 Å². The first-order valence-corrected chi connectivity index (χ1v) is 6.53. The molecule has 1 aliphatic rings. The second-order valence-corrected chi connectivity index (χ2v) is 6.08. The van der Waals surface area contributed by atoms with Crippen molar-refractivity contribution < 1.29 is 9.59 Å². The first kappa shape index (κ1) is 15.0. The lowest BCUT2D eigenvalue weighted by Crippen LogP contribution is -2.54. The summed E-state index contributed by atoms with van der Waals surface area (Å²) < 4.78 is 0. The minimum absolute atomic E-state index is 0.0110. The van der Waals surface area contributed by atoms with Crippen molar-refractivity contribution in [2.24, 2.45) is 17.1 Å². The second-order valence-electron chi connectivity index (χ2n) is 6.08. The van der Waals surface area contributed by atoms with E-state index in [9.17, 15) is 9.59 Å². The highest BCUT2D eigenvalue weighted by Crippen LogP contribution is 2.22. The molecule has 0 aromatic carbocycles. The molecule has 2 atom stereocenters. The zero-order valence-electron chi connectivity index (χ0n) is 11.8. The minimum Gasteiger partial charge on any atom is -0.359 e. The molecule has 5 nitrogen and oxygen atoms in total. The van der Waals surface area contributed by atoms with Crippen molar-refractivity contribution in [3.05, 3.63) is 0 Å². The Morgan fingerprint density at radius 1 is 1.39 bits per heavy atom. The van der Waals surface area contributed by atoms with Gasteiger partial charge in [0, 0.05) is 20.1 Å². The maximum Gasteiger partial charge on any atom is 0.240 e. The van der Waals surface area contributed by atoms with Crippen LogP contribution in [0.5, 0.6) is 0 Å². The third-order valence-corrected chi connectivity index (χ3v) is 3.55. The van der Waals surface area contributed by atoms with E-state index in [2.05, 4.69) is 5.32 Å². The third-order valence-electron chi connectivity index (χ3n) is 3.55. The fraction of sp³-hybridized carbons (Fsp3) is 0.846. The molecular formula is C13H25N3O2. The van der Waals surface area contributed by atoms with Crippen LogP contribution in [-0.4, -0.2) is 42.9 Å². The van der Waals surface area contributed by atoms with Gasteiger partial charge in [-0.25, -0.2) is 0 Å². The number of likely N-dealkylation sites (tertiary alicyclic amines) is 1. The molecule has 1 heterocycles. The van der Waals surface area contributed by atoms with Crippen molar-refractivity contribution in [3.8, 4) is 0 Å². The molecule has 104 valence electrons. The predicted molar refractivity (Wildman–Crippen MR) is 70.8 cm³/mol. The Bertz CT molecular complexity index is 323. The molecule has 0 aromatic rings. The van der Waals surface area contributed by atoms with E-state index in [1.165, 1.54) is 0 Å². The summed E-state index contributed by atoms with van der Waals surface area (Å²) in [7, 11) is 1.63. The molecule has 0 unspecified atom stereocenters. The summed E-state index contributed by atoms with van der Waals surface area (Å²) in [6.07, 6.45) is 1.70. The number of hydrogen-bond acceptors (Lipinski definition) is 3. The largest absolute Gasteiger partial charge is 0.359 e. The number of nitrogens with zero attached hydrogens (tertiary/aromatic N) is 1. The van der Waals surface area contributed by atoms with Crippen LogP contribution in [-0.2, 0) is 9.59 Å². The molecule has 2 amide bonds. The summed E-state index contributed by atoms with van der Waals surface area (Å²) in [6.45, 7) is 7.06. The van der Waals surface area contributed by atoms with Gasteiger partial charge in [-0.05, 0) is 18.3 Å². The van der Waals surface area contributed by atoms with E-state index < -0.39 is 6.04 Å². The normalized spacial score (nSPS) is 22.5. The van der Waals surface area contributed by atoms with Gasteiger partial charge in [0.25, 0.3) is 0 Å². The summed E-state index contributed by atoms with van der Waals surface area (Å²) in [5, 5.41) is 2.65. The van der Waals surface area contributed by atoms with Crippen LogP contribution in [0.4, 0.5) is 0 Å². The molecule has 1 saturated heterocycles. The number of nitrogens with two attached hydrogens (primary N) is 1. The second kappa shape index (κ2) is 5.69. The van der Waals surface area contributed by atoms with Crippen LogP contribution < -0.4 is 11.1 Å². The number of rotatable bonds is 2. The fourth-order valence-corrected chi connectivity index (χ4v) is 2.16. The van der Waals surface area contributed by atoms with Crippen LogP contribution in [0.25, 0.3) is 0 Å². The van der Waals surface area contributed by atoms with Gasteiger partial charge in [0.15, 0.2) is 0 Å². The number of hydrogen-bond donors (Lipinski definition) is 2. The van der Waals surface area contributed by atoms with Crippen molar-refractivity contribution >= 4 is 11.8 Å². The van der Waals surface area contributed by atoms with Gasteiger partial charge >= 0.3 is 0 Å². The number of nitrogens with one attached hydrogen (secondary N) is 1. The zero-order chi connectivity index (χ0) is 13.9. The van der Waals surface area contributed by atoms with Crippen LogP contribution in [0.2, 0.25) is 0 Å². The Morgan fingerprint density at radius 2 is 2.00 bits per heavy atom. The summed E-state index contributed by atoms with van der Waals surface area (Å²) >= 11 is 0. The lowest BCUT2D eigenvalue weighted by Gasteiger charge is -2.36. The Morgan fingerprint density at radius 3 is 2.50 bits per heavy atom. The molecule has 5 heteroatoms. The molecule has 0 aromatic heterocycles. The molecule has 1 fully saturated rings.